The quantitative estimate of drug-likeness (QED) is 0.301. The van der Waals surface area contributed by atoms with E-state index in [1.165, 1.54) is 5.56 Å². The molecule has 0 saturated carbocycles. The van der Waals surface area contributed by atoms with Gasteiger partial charge in [0.2, 0.25) is 5.91 Å². The molecule has 0 spiro atoms. The van der Waals surface area contributed by atoms with Crippen molar-refractivity contribution in [3.05, 3.63) is 101 Å². The molecule has 1 atom stereocenters. The number of hydrogen-bond acceptors (Lipinski definition) is 3. The van der Waals surface area contributed by atoms with Crippen molar-refractivity contribution in [1.29, 1.82) is 0 Å². The number of carbonyl (C=O) groups is 1. The zero-order chi connectivity index (χ0) is 23.9. The topological polar surface area (TPSA) is 52.5 Å². The first-order valence-corrected chi connectivity index (χ1v) is 11.7. The summed E-state index contributed by atoms with van der Waals surface area (Å²) in [4.78, 5) is 12.8. The Morgan fingerprint density at radius 3 is 2.56 bits per heavy atom. The Bertz CT molecular complexity index is 1250. The van der Waals surface area contributed by atoms with Gasteiger partial charge in [0, 0.05) is 54.7 Å². The molecule has 0 radical (unpaired) electrons. The molecule has 34 heavy (non-hydrogen) atoms. The van der Waals surface area contributed by atoms with E-state index in [1.807, 2.05) is 48.5 Å². The number of rotatable bonds is 10. The standard InChI is InChI=1S/C28H29ClN2O3/c1-33-15-14-30-28(32)17-25(21-6-5-7-22(29)16-21)26-19-31(27-9-4-3-8-24(26)27)18-20-10-12-23(34-2)13-11-20/h3-13,16,19,25H,14-15,17-18H2,1-2H3,(H,30,32)/t25-/m1/s1. The number of benzene rings is 3. The number of aromatic nitrogens is 1. The third-order valence-corrected chi connectivity index (χ3v) is 6.21. The number of ether oxygens (including phenoxy) is 2. The molecule has 0 unspecified atom stereocenters. The van der Waals surface area contributed by atoms with E-state index in [2.05, 4.69) is 40.3 Å². The van der Waals surface area contributed by atoms with Crippen molar-refractivity contribution in [3.63, 3.8) is 0 Å². The Hall–Kier alpha value is -3.28. The molecule has 1 N–H and O–H groups in total. The smallest absolute Gasteiger partial charge is 0.221 e. The molecule has 1 heterocycles. The average molecular weight is 477 g/mol. The largest absolute Gasteiger partial charge is 0.497 e. The highest BCUT2D eigenvalue weighted by Gasteiger charge is 2.23. The van der Waals surface area contributed by atoms with Crippen LogP contribution in [0.15, 0.2) is 79.0 Å². The van der Waals surface area contributed by atoms with Crippen molar-refractivity contribution in [2.45, 2.75) is 18.9 Å². The maximum atomic E-state index is 12.8. The van der Waals surface area contributed by atoms with Gasteiger partial charge in [-0.1, -0.05) is 54.1 Å². The second-order valence-corrected chi connectivity index (χ2v) is 8.67. The van der Waals surface area contributed by atoms with Gasteiger partial charge >= 0.3 is 0 Å². The van der Waals surface area contributed by atoms with Gasteiger partial charge in [-0.3, -0.25) is 4.79 Å². The van der Waals surface area contributed by atoms with E-state index in [0.29, 0.717) is 31.1 Å². The molecule has 0 aliphatic rings. The van der Waals surface area contributed by atoms with Crippen LogP contribution < -0.4 is 10.1 Å². The van der Waals surface area contributed by atoms with Gasteiger partial charge in [-0.15, -0.1) is 0 Å². The molecular weight excluding hydrogens is 448 g/mol. The summed E-state index contributed by atoms with van der Waals surface area (Å²) in [6, 6.07) is 24.2. The van der Waals surface area contributed by atoms with Crippen LogP contribution in [0.5, 0.6) is 5.75 Å². The third kappa shape index (κ3) is 5.61. The van der Waals surface area contributed by atoms with Crippen molar-refractivity contribution in [2.75, 3.05) is 27.4 Å². The van der Waals surface area contributed by atoms with Gasteiger partial charge < -0.3 is 19.4 Å². The molecule has 0 fully saturated rings. The summed E-state index contributed by atoms with van der Waals surface area (Å²) >= 11 is 6.34. The summed E-state index contributed by atoms with van der Waals surface area (Å²) < 4.78 is 12.6. The lowest BCUT2D eigenvalue weighted by molar-refractivity contribution is -0.121. The van der Waals surface area contributed by atoms with E-state index in [9.17, 15) is 4.79 Å². The zero-order valence-corrected chi connectivity index (χ0v) is 20.2. The number of methoxy groups -OCH3 is 2. The third-order valence-electron chi connectivity index (χ3n) is 5.98. The number of carbonyl (C=O) groups excluding carboxylic acids is 1. The van der Waals surface area contributed by atoms with E-state index in [4.69, 9.17) is 21.1 Å². The summed E-state index contributed by atoms with van der Waals surface area (Å²) in [5.41, 5.74) is 4.42. The first kappa shape index (κ1) is 23.9. The maximum Gasteiger partial charge on any atom is 0.221 e. The summed E-state index contributed by atoms with van der Waals surface area (Å²) in [5.74, 6) is 0.680. The zero-order valence-electron chi connectivity index (χ0n) is 19.5. The molecule has 4 aromatic rings. The van der Waals surface area contributed by atoms with Crippen LogP contribution in [-0.4, -0.2) is 37.8 Å². The van der Waals surface area contributed by atoms with Crippen molar-refractivity contribution in [2.24, 2.45) is 0 Å². The summed E-state index contributed by atoms with van der Waals surface area (Å²) in [6.45, 7) is 1.68. The van der Waals surface area contributed by atoms with E-state index < -0.39 is 0 Å². The summed E-state index contributed by atoms with van der Waals surface area (Å²) in [5, 5.41) is 4.75. The number of hydrogen-bond donors (Lipinski definition) is 1. The van der Waals surface area contributed by atoms with Gasteiger partial charge in [0.05, 0.1) is 13.7 Å². The first-order valence-electron chi connectivity index (χ1n) is 11.3. The Labute approximate surface area is 205 Å². The van der Waals surface area contributed by atoms with Crippen molar-refractivity contribution in [3.8, 4) is 5.75 Å². The molecular formula is C28H29ClN2O3. The molecule has 6 heteroatoms. The Kier molecular flexibility index (Phi) is 7.88. The number of halogens is 1. The molecule has 1 aromatic heterocycles. The van der Waals surface area contributed by atoms with E-state index in [1.54, 1.807) is 14.2 Å². The fourth-order valence-electron chi connectivity index (χ4n) is 4.29. The second kappa shape index (κ2) is 11.2. The van der Waals surface area contributed by atoms with E-state index in [-0.39, 0.29) is 11.8 Å². The number of nitrogens with zero attached hydrogens (tertiary/aromatic N) is 1. The van der Waals surface area contributed by atoms with Crippen LogP contribution in [-0.2, 0) is 16.1 Å². The first-order chi connectivity index (χ1) is 16.6. The minimum Gasteiger partial charge on any atom is -0.497 e. The summed E-state index contributed by atoms with van der Waals surface area (Å²) in [6.07, 6.45) is 2.49. The van der Waals surface area contributed by atoms with Crippen LogP contribution in [0.25, 0.3) is 10.9 Å². The molecule has 0 bridgehead atoms. The van der Waals surface area contributed by atoms with Crippen LogP contribution >= 0.6 is 11.6 Å². The SMILES string of the molecule is COCCNC(=O)C[C@H](c1cccc(Cl)c1)c1cn(Cc2ccc(OC)cc2)c2ccccc12. The predicted octanol–water partition coefficient (Wildman–Crippen LogP) is 5.64. The minimum atomic E-state index is -0.136. The van der Waals surface area contributed by atoms with Gasteiger partial charge in [0.1, 0.15) is 5.75 Å². The Morgan fingerprint density at radius 1 is 1.03 bits per heavy atom. The number of nitrogens with one attached hydrogen (secondary N) is 1. The van der Waals surface area contributed by atoms with Gasteiger partial charge in [-0.05, 0) is 47.0 Å². The van der Waals surface area contributed by atoms with Crippen LogP contribution in [0.3, 0.4) is 0 Å². The van der Waals surface area contributed by atoms with E-state index in [0.717, 1.165) is 27.8 Å². The number of para-hydroxylation sites is 1. The second-order valence-electron chi connectivity index (χ2n) is 8.23. The van der Waals surface area contributed by atoms with Gasteiger partial charge in [0.15, 0.2) is 0 Å². The fraction of sp³-hybridized carbons (Fsp3) is 0.250. The molecule has 176 valence electrons. The average Bonchev–Trinajstić information content (AvgIpc) is 3.21. The van der Waals surface area contributed by atoms with E-state index >= 15 is 0 Å². The highest BCUT2D eigenvalue weighted by atomic mass is 35.5. The van der Waals surface area contributed by atoms with Crippen LogP contribution in [0.1, 0.15) is 29.0 Å². The van der Waals surface area contributed by atoms with Crippen LogP contribution in [0.4, 0.5) is 0 Å². The van der Waals surface area contributed by atoms with Gasteiger partial charge in [-0.2, -0.15) is 0 Å². The van der Waals surface area contributed by atoms with Crippen molar-refractivity contribution in [1.82, 2.24) is 9.88 Å². The molecule has 0 saturated heterocycles. The molecule has 5 nitrogen and oxygen atoms in total. The highest BCUT2D eigenvalue weighted by Crippen LogP contribution is 2.36. The molecule has 4 rings (SSSR count). The Morgan fingerprint density at radius 2 is 1.82 bits per heavy atom. The lowest BCUT2D eigenvalue weighted by atomic mass is 9.88. The molecule has 1 amide bonds. The number of amides is 1. The highest BCUT2D eigenvalue weighted by molar-refractivity contribution is 6.30. The fourth-order valence-corrected chi connectivity index (χ4v) is 4.49. The van der Waals surface area contributed by atoms with Crippen LogP contribution in [0, 0.1) is 0 Å². The summed E-state index contributed by atoms with van der Waals surface area (Å²) in [7, 11) is 3.29. The predicted molar refractivity (Wildman–Crippen MR) is 137 cm³/mol. The van der Waals surface area contributed by atoms with Gasteiger partial charge in [-0.25, -0.2) is 0 Å². The van der Waals surface area contributed by atoms with Crippen LogP contribution in [0.2, 0.25) is 5.02 Å². The molecule has 0 aliphatic carbocycles. The van der Waals surface area contributed by atoms with Crippen molar-refractivity contribution < 1.29 is 14.3 Å². The van der Waals surface area contributed by atoms with Crippen molar-refractivity contribution >= 4 is 28.4 Å². The lowest BCUT2D eigenvalue weighted by Gasteiger charge is -2.17. The molecule has 0 aliphatic heterocycles. The van der Waals surface area contributed by atoms with Gasteiger partial charge in [0.25, 0.3) is 0 Å². The molecule has 3 aromatic carbocycles. The minimum absolute atomic E-state index is 0.0194. The monoisotopic (exact) mass is 476 g/mol. The normalized spacial score (nSPS) is 12.0. The Balaban J connectivity index is 1.72. The lowest BCUT2D eigenvalue weighted by Crippen LogP contribution is -2.28. The maximum absolute atomic E-state index is 12.8. The number of fused-ring (bicyclic) bond motifs is 1.